The van der Waals surface area contributed by atoms with Crippen LogP contribution in [0.15, 0.2) is 6.20 Å². The molecule has 1 heterocycles. The maximum absolute atomic E-state index is 12.4. The van der Waals surface area contributed by atoms with Crippen molar-refractivity contribution in [3.8, 4) is 0 Å². The Hall–Kier alpha value is -0.790. The molecule has 14 heavy (non-hydrogen) atoms. The lowest BCUT2D eigenvalue weighted by Gasteiger charge is -2.08. The third kappa shape index (κ3) is 1.99. The molecule has 0 aromatic carbocycles. The highest BCUT2D eigenvalue weighted by Gasteiger charge is 2.21. The number of nitrogens with zero attached hydrogens (tertiary/aromatic N) is 1. The summed E-state index contributed by atoms with van der Waals surface area (Å²) in [6.07, 6.45) is -1.48. The van der Waals surface area contributed by atoms with Crippen LogP contribution < -0.4 is 5.73 Å². The van der Waals surface area contributed by atoms with Gasteiger partial charge in [-0.25, -0.2) is 8.78 Å². The molecule has 0 aliphatic carbocycles. The first-order chi connectivity index (χ1) is 6.45. The minimum absolute atomic E-state index is 0.180. The van der Waals surface area contributed by atoms with Gasteiger partial charge in [0.2, 0.25) is 0 Å². The predicted molar refractivity (Wildman–Crippen MR) is 55.2 cm³/mol. The van der Waals surface area contributed by atoms with Crippen molar-refractivity contribution < 1.29 is 13.6 Å². The quantitative estimate of drug-likeness (QED) is 0.850. The van der Waals surface area contributed by atoms with E-state index in [-0.39, 0.29) is 5.56 Å². The maximum atomic E-state index is 12.4. The van der Waals surface area contributed by atoms with Crippen molar-refractivity contribution in [2.45, 2.75) is 13.3 Å². The summed E-state index contributed by atoms with van der Waals surface area (Å²) in [6.45, 7) is 1.68. The van der Waals surface area contributed by atoms with E-state index < -0.39 is 18.0 Å². The van der Waals surface area contributed by atoms with Gasteiger partial charge in [-0.3, -0.25) is 9.78 Å². The van der Waals surface area contributed by atoms with Gasteiger partial charge in [-0.05, 0) is 35.1 Å². The molecule has 0 bridgehead atoms. The SMILES string of the molecule is Cc1cnc(C(F)F)c(C(N)=O)c1I. The highest BCUT2D eigenvalue weighted by atomic mass is 127. The van der Waals surface area contributed by atoms with E-state index in [1.807, 2.05) is 0 Å². The zero-order chi connectivity index (χ0) is 10.9. The van der Waals surface area contributed by atoms with Crippen LogP contribution in [0.5, 0.6) is 0 Å². The molecular weight excluding hydrogens is 305 g/mol. The van der Waals surface area contributed by atoms with Crippen molar-refractivity contribution in [3.05, 3.63) is 26.6 Å². The van der Waals surface area contributed by atoms with Gasteiger partial charge in [0.25, 0.3) is 12.3 Å². The van der Waals surface area contributed by atoms with Crippen LogP contribution >= 0.6 is 22.6 Å². The van der Waals surface area contributed by atoms with Gasteiger partial charge in [0, 0.05) is 9.77 Å². The van der Waals surface area contributed by atoms with Crippen molar-refractivity contribution in [1.82, 2.24) is 4.98 Å². The number of primary amides is 1. The summed E-state index contributed by atoms with van der Waals surface area (Å²) in [7, 11) is 0. The van der Waals surface area contributed by atoms with Crippen LogP contribution in [0.4, 0.5) is 8.78 Å². The van der Waals surface area contributed by atoms with Crippen LogP contribution in [0.2, 0.25) is 0 Å². The minimum atomic E-state index is -2.79. The van der Waals surface area contributed by atoms with Gasteiger partial charge in [-0.2, -0.15) is 0 Å². The third-order valence-corrected chi connectivity index (χ3v) is 3.06. The van der Waals surface area contributed by atoms with Crippen molar-refractivity contribution in [2.24, 2.45) is 5.73 Å². The summed E-state index contributed by atoms with van der Waals surface area (Å²) < 4.78 is 25.3. The number of amides is 1. The number of carbonyl (C=O) groups is 1. The number of nitrogens with two attached hydrogens (primary N) is 1. The van der Waals surface area contributed by atoms with Gasteiger partial charge in [-0.1, -0.05) is 0 Å². The molecule has 0 spiro atoms. The number of pyridine rings is 1. The first kappa shape index (κ1) is 11.3. The molecule has 0 aliphatic rings. The molecule has 1 amide bonds. The number of halogens is 3. The molecule has 0 aliphatic heterocycles. The fraction of sp³-hybridized carbons (Fsp3) is 0.250. The van der Waals surface area contributed by atoms with Gasteiger partial charge in [0.1, 0.15) is 5.69 Å². The van der Waals surface area contributed by atoms with Gasteiger partial charge in [-0.15, -0.1) is 0 Å². The first-order valence-electron chi connectivity index (χ1n) is 3.68. The molecule has 0 unspecified atom stereocenters. The average Bonchev–Trinajstić information content (AvgIpc) is 2.08. The van der Waals surface area contributed by atoms with Crippen LogP contribution in [-0.4, -0.2) is 10.9 Å². The van der Waals surface area contributed by atoms with E-state index in [1.165, 1.54) is 6.20 Å². The standard InChI is InChI=1S/C8H7F2IN2O/c1-3-2-13-6(7(9)10)4(5(3)11)8(12)14/h2,7H,1H3,(H2,12,14). The van der Waals surface area contributed by atoms with Crippen molar-refractivity contribution in [2.75, 3.05) is 0 Å². The van der Waals surface area contributed by atoms with E-state index in [0.717, 1.165) is 0 Å². The number of carbonyl (C=O) groups excluding carboxylic acids is 1. The van der Waals surface area contributed by atoms with Crippen LogP contribution in [0.25, 0.3) is 0 Å². The van der Waals surface area contributed by atoms with E-state index in [9.17, 15) is 13.6 Å². The summed E-state index contributed by atoms with van der Waals surface area (Å²) in [4.78, 5) is 14.4. The predicted octanol–water partition coefficient (Wildman–Crippen LogP) is 2.03. The number of aryl methyl sites for hydroxylation is 1. The Labute approximate surface area is 92.8 Å². The smallest absolute Gasteiger partial charge is 0.281 e. The van der Waals surface area contributed by atoms with E-state index in [2.05, 4.69) is 4.98 Å². The molecule has 1 aromatic heterocycles. The molecule has 76 valence electrons. The van der Waals surface area contributed by atoms with Crippen LogP contribution in [-0.2, 0) is 0 Å². The average molecular weight is 312 g/mol. The molecule has 0 fully saturated rings. The van der Waals surface area contributed by atoms with E-state index >= 15 is 0 Å². The second kappa shape index (κ2) is 4.16. The lowest BCUT2D eigenvalue weighted by molar-refractivity contribution is 0.0981. The summed E-state index contributed by atoms with van der Waals surface area (Å²) in [5.74, 6) is -0.874. The number of rotatable bonds is 2. The molecule has 2 N–H and O–H groups in total. The molecule has 3 nitrogen and oxygen atoms in total. The molecule has 1 aromatic rings. The Kier molecular flexibility index (Phi) is 3.35. The fourth-order valence-electron chi connectivity index (χ4n) is 0.997. The summed E-state index contributed by atoms with van der Waals surface area (Å²) in [5, 5.41) is 0. The van der Waals surface area contributed by atoms with E-state index in [4.69, 9.17) is 5.73 Å². The minimum Gasteiger partial charge on any atom is -0.366 e. The van der Waals surface area contributed by atoms with Gasteiger partial charge < -0.3 is 5.73 Å². The molecule has 1 rings (SSSR count). The molecule has 0 saturated heterocycles. The van der Waals surface area contributed by atoms with Crippen molar-refractivity contribution in [3.63, 3.8) is 0 Å². The molecule has 0 saturated carbocycles. The maximum Gasteiger partial charge on any atom is 0.281 e. The third-order valence-electron chi connectivity index (χ3n) is 1.67. The largest absolute Gasteiger partial charge is 0.366 e. The van der Waals surface area contributed by atoms with Crippen LogP contribution in [0.3, 0.4) is 0 Å². The van der Waals surface area contributed by atoms with E-state index in [0.29, 0.717) is 9.13 Å². The van der Waals surface area contributed by atoms with Crippen LogP contribution in [0, 0.1) is 10.5 Å². The van der Waals surface area contributed by atoms with Gasteiger partial charge in [0.15, 0.2) is 0 Å². The second-order valence-electron chi connectivity index (χ2n) is 2.68. The van der Waals surface area contributed by atoms with Gasteiger partial charge >= 0.3 is 0 Å². The number of hydrogen-bond donors (Lipinski definition) is 1. The highest BCUT2D eigenvalue weighted by Crippen LogP contribution is 2.25. The summed E-state index contributed by atoms with van der Waals surface area (Å²) in [5.41, 5.74) is 4.93. The van der Waals surface area contributed by atoms with Crippen molar-refractivity contribution in [1.29, 1.82) is 0 Å². The first-order valence-corrected chi connectivity index (χ1v) is 4.76. The zero-order valence-corrected chi connectivity index (χ0v) is 9.38. The Morgan fingerprint density at radius 3 is 2.64 bits per heavy atom. The number of alkyl halides is 2. The van der Waals surface area contributed by atoms with Crippen molar-refractivity contribution >= 4 is 28.5 Å². The Morgan fingerprint density at radius 2 is 2.21 bits per heavy atom. The zero-order valence-electron chi connectivity index (χ0n) is 7.22. The molecular formula is C8H7F2IN2O. The molecule has 0 atom stereocenters. The molecule has 6 heteroatoms. The van der Waals surface area contributed by atoms with Crippen LogP contribution in [0.1, 0.15) is 28.0 Å². The van der Waals surface area contributed by atoms with Gasteiger partial charge in [0.05, 0.1) is 5.56 Å². The second-order valence-corrected chi connectivity index (χ2v) is 3.76. The number of aromatic nitrogens is 1. The summed E-state index contributed by atoms with van der Waals surface area (Å²) in [6, 6.07) is 0. The van der Waals surface area contributed by atoms with E-state index in [1.54, 1.807) is 29.5 Å². The monoisotopic (exact) mass is 312 g/mol. The highest BCUT2D eigenvalue weighted by molar-refractivity contribution is 14.1. The topological polar surface area (TPSA) is 56.0 Å². The lowest BCUT2D eigenvalue weighted by atomic mass is 10.1. The fourth-order valence-corrected chi connectivity index (χ4v) is 1.68. The lowest BCUT2D eigenvalue weighted by Crippen LogP contribution is -2.17. The number of hydrogen-bond acceptors (Lipinski definition) is 2. The normalized spacial score (nSPS) is 10.6. The Balaban J connectivity index is 3.45. The Bertz CT molecular complexity index is 382. The molecule has 0 radical (unpaired) electrons. The Morgan fingerprint density at radius 1 is 1.64 bits per heavy atom. The summed E-state index contributed by atoms with van der Waals surface area (Å²) >= 11 is 1.80.